The van der Waals surface area contributed by atoms with E-state index in [1.165, 1.54) is 24.3 Å². The molecule has 7 nitrogen and oxygen atoms in total. The number of carbonyl (C=O) groups excluding carboxylic acids is 3. The highest BCUT2D eigenvalue weighted by molar-refractivity contribution is 6.15. The molecule has 3 N–H and O–H groups in total. The summed E-state index contributed by atoms with van der Waals surface area (Å²) in [5.41, 5.74) is 2.32. The number of aryl methyl sites for hydroxylation is 1. The van der Waals surface area contributed by atoms with Gasteiger partial charge in [0.1, 0.15) is 11.4 Å². The minimum Gasteiger partial charge on any atom is -0.392 e. The number of nitrogens with one attached hydrogen (secondary N) is 2. The third-order valence-electron chi connectivity index (χ3n) is 7.22. The van der Waals surface area contributed by atoms with Crippen LogP contribution in [0, 0.1) is 31.5 Å². The summed E-state index contributed by atoms with van der Waals surface area (Å²) < 4.78 is 13.3. The van der Waals surface area contributed by atoms with E-state index >= 15 is 0 Å². The monoisotopic (exact) mass is 437 g/mol. The molecule has 2 fully saturated rings. The van der Waals surface area contributed by atoms with Gasteiger partial charge in [0.05, 0.1) is 24.5 Å². The van der Waals surface area contributed by atoms with Gasteiger partial charge in [-0.05, 0) is 49.6 Å². The molecule has 3 aliphatic heterocycles. The Morgan fingerprint density at radius 1 is 1.09 bits per heavy atom. The van der Waals surface area contributed by atoms with E-state index in [-0.39, 0.29) is 6.54 Å². The number of aliphatic hydroxyl groups is 1. The van der Waals surface area contributed by atoms with E-state index in [0.717, 1.165) is 16.0 Å². The van der Waals surface area contributed by atoms with E-state index in [2.05, 4.69) is 10.6 Å². The number of aliphatic hydroxyl groups excluding tert-OH is 1. The van der Waals surface area contributed by atoms with Gasteiger partial charge in [-0.25, -0.2) is 4.39 Å². The molecule has 3 heterocycles. The maximum absolute atomic E-state index is 13.6. The van der Waals surface area contributed by atoms with E-state index in [0.29, 0.717) is 16.8 Å². The second-order valence-electron chi connectivity index (χ2n) is 9.00. The largest absolute Gasteiger partial charge is 0.392 e. The molecule has 5 atom stereocenters. The van der Waals surface area contributed by atoms with Crippen LogP contribution in [0.5, 0.6) is 0 Å². The standard InChI is InChI=1S/C24H24FN3O4/c1-11-4-9-16-19(12(11)2)26-23(32)24(16)18-17(20(27-24)13(3)29)21(30)28(22(18)31)10-14-5-7-15(25)8-6-14/h4-9,13,17-18,20,27,29H,10H2,1-3H3,(H,26,32)/t13?,17-,18-,20?,24?/m0/s1. The zero-order chi connectivity index (χ0) is 22.9. The first-order valence-corrected chi connectivity index (χ1v) is 10.6. The number of rotatable bonds is 3. The lowest BCUT2D eigenvalue weighted by Crippen LogP contribution is -2.54. The molecule has 3 aliphatic rings. The molecule has 166 valence electrons. The number of fused-ring (bicyclic) bond motifs is 4. The molecule has 2 saturated heterocycles. The molecule has 0 aromatic heterocycles. The van der Waals surface area contributed by atoms with Gasteiger partial charge in [-0.3, -0.25) is 24.6 Å². The Kier molecular flexibility index (Phi) is 4.51. The summed E-state index contributed by atoms with van der Waals surface area (Å²) in [6, 6.07) is 8.52. The summed E-state index contributed by atoms with van der Waals surface area (Å²) in [7, 11) is 0. The molecule has 3 unspecified atom stereocenters. The van der Waals surface area contributed by atoms with Crippen LogP contribution in [0.25, 0.3) is 0 Å². The molecule has 2 aromatic carbocycles. The number of hydrogen-bond acceptors (Lipinski definition) is 5. The van der Waals surface area contributed by atoms with Crippen molar-refractivity contribution in [3.05, 3.63) is 64.5 Å². The summed E-state index contributed by atoms with van der Waals surface area (Å²) in [4.78, 5) is 41.6. The van der Waals surface area contributed by atoms with Gasteiger partial charge in [-0.2, -0.15) is 0 Å². The average Bonchev–Trinajstić information content (AvgIpc) is 3.34. The van der Waals surface area contributed by atoms with Crippen molar-refractivity contribution in [1.82, 2.24) is 10.2 Å². The minimum absolute atomic E-state index is 0.0189. The first-order valence-electron chi connectivity index (χ1n) is 10.6. The Bertz CT molecular complexity index is 1160. The van der Waals surface area contributed by atoms with E-state index in [1.807, 2.05) is 26.0 Å². The van der Waals surface area contributed by atoms with E-state index < -0.39 is 53.1 Å². The molecule has 1 spiro atoms. The highest BCUT2D eigenvalue weighted by atomic mass is 19.1. The molecule has 3 amide bonds. The second-order valence-corrected chi connectivity index (χ2v) is 9.00. The van der Waals surface area contributed by atoms with Gasteiger partial charge in [0, 0.05) is 17.3 Å². The number of hydrogen-bond donors (Lipinski definition) is 3. The fourth-order valence-corrected chi connectivity index (χ4v) is 5.45. The van der Waals surface area contributed by atoms with Crippen LogP contribution < -0.4 is 10.6 Å². The highest BCUT2D eigenvalue weighted by Crippen LogP contribution is 2.54. The summed E-state index contributed by atoms with van der Waals surface area (Å²) in [6.45, 7) is 5.36. The van der Waals surface area contributed by atoms with Crippen molar-refractivity contribution in [1.29, 1.82) is 0 Å². The lowest BCUT2D eigenvalue weighted by molar-refractivity contribution is -0.143. The summed E-state index contributed by atoms with van der Waals surface area (Å²) in [6.07, 6.45) is -0.965. The number of amides is 3. The summed E-state index contributed by atoms with van der Waals surface area (Å²) in [5.74, 6) is -3.60. The second kappa shape index (κ2) is 6.95. The molecule has 32 heavy (non-hydrogen) atoms. The molecular weight excluding hydrogens is 413 g/mol. The first kappa shape index (κ1) is 20.8. The third-order valence-corrected chi connectivity index (χ3v) is 7.22. The first-order chi connectivity index (χ1) is 15.2. The average molecular weight is 437 g/mol. The predicted octanol–water partition coefficient (Wildman–Crippen LogP) is 1.74. The molecule has 0 radical (unpaired) electrons. The van der Waals surface area contributed by atoms with Gasteiger partial charge in [0.15, 0.2) is 0 Å². The van der Waals surface area contributed by atoms with Crippen LogP contribution in [0.2, 0.25) is 0 Å². The Balaban J connectivity index is 1.62. The fourth-order valence-electron chi connectivity index (χ4n) is 5.45. The lowest BCUT2D eigenvalue weighted by Gasteiger charge is -2.30. The SMILES string of the molecule is Cc1ccc2c(c1C)NC(=O)C21NC(C(C)O)[C@H]2C(=O)N(Cc3ccc(F)cc3)C(=O)[C@H]21. The molecule has 8 heteroatoms. The van der Waals surface area contributed by atoms with Gasteiger partial charge in [0.2, 0.25) is 17.7 Å². The van der Waals surface area contributed by atoms with Gasteiger partial charge >= 0.3 is 0 Å². The van der Waals surface area contributed by atoms with Crippen molar-refractivity contribution in [2.75, 3.05) is 5.32 Å². The number of anilines is 1. The van der Waals surface area contributed by atoms with Gasteiger partial charge in [-0.1, -0.05) is 24.3 Å². The van der Waals surface area contributed by atoms with Crippen molar-refractivity contribution in [3.63, 3.8) is 0 Å². The van der Waals surface area contributed by atoms with Crippen LogP contribution in [0.1, 0.15) is 29.2 Å². The Hall–Kier alpha value is -3.10. The highest BCUT2D eigenvalue weighted by Gasteiger charge is 2.71. The number of imide groups is 1. The minimum atomic E-state index is -1.44. The zero-order valence-corrected chi connectivity index (χ0v) is 18.0. The lowest BCUT2D eigenvalue weighted by atomic mass is 9.76. The van der Waals surface area contributed by atoms with Crippen LogP contribution >= 0.6 is 0 Å². The van der Waals surface area contributed by atoms with Crippen LogP contribution in [0.15, 0.2) is 36.4 Å². The smallest absolute Gasteiger partial charge is 0.250 e. The predicted molar refractivity (Wildman–Crippen MR) is 114 cm³/mol. The molecule has 5 rings (SSSR count). The summed E-state index contributed by atoms with van der Waals surface area (Å²) in [5, 5.41) is 16.6. The molecule has 0 bridgehead atoms. The van der Waals surface area contributed by atoms with Crippen LogP contribution in [-0.4, -0.2) is 39.9 Å². The van der Waals surface area contributed by atoms with Crippen LogP contribution in [0.3, 0.4) is 0 Å². The molecule has 0 aliphatic carbocycles. The van der Waals surface area contributed by atoms with E-state index in [9.17, 15) is 23.9 Å². The van der Waals surface area contributed by atoms with Crippen molar-refractivity contribution < 1.29 is 23.9 Å². The quantitative estimate of drug-likeness (QED) is 0.636. The molecule has 2 aromatic rings. The van der Waals surface area contributed by atoms with Gasteiger partial charge in [-0.15, -0.1) is 0 Å². The van der Waals surface area contributed by atoms with Crippen molar-refractivity contribution in [2.45, 2.75) is 45.0 Å². The Morgan fingerprint density at radius 3 is 2.44 bits per heavy atom. The van der Waals surface area contributed by atoms with E-state index in [4.69, 9.17) is 0 Å². The van der Waals surface area contributed by atoms with E-state index in [1.54, 1.807) is 6.92 Å². The van der Waals surface area contributed by atoms with Crippen molar-refractivity contribution >= 4 is 23.4 Å². The number of carbonyl (C=O) groups is 3. The Labute approximate surface area is 184 Å². The Morgan fingerprint density at radius 2 is 1.78 bits per heavy atom. The molecule has 0 saturated carbocycles. The van der Waals surface area contributed by atoms with Crippen LogP contribution in [0.4, 0.5) is 10.1 Å². The summed E-state index contributed by atoms with van der Waals surface area (Å²) >= 11 is 0. The van der Waals surface area contributed by atoms with Crippen LogP contribution in [-0.2, 0) is 26.5 Å². The number of likely N-dealkylation sites (tertiary alicyclic amines) is 1. The normalized spacial score (nSPS) is 29.5. The fraction of sp³-hybridized carbons (Fsp3) is 0.375. The van der Waals surface area contributed by atoms with Crippen molar-refractivity contribution in [3.8, 4) is 0 Å². The van der Waals surface area contributed by atoms with Crippen molar-refractivity contribution in [2.24, 2.45) is 11.8 Å². The maximum Gasteiger partial charge on any atom is 0.250 e. The number of nitrogens with zero attached hydrogens (tertiary/aromatic N) is 1. The molecular formula is C24H24FN3O4. The number of benzene rings is 2. The maximum atomic E-state index is 13.6. The topological polar surface area (TPSA) is 98.7 Å². The van der Waals surface area contributed by atoms with Gasteiger partial charge in [0.25, 0.3) is 0 Å². The van der Waals surface area contributed by atoms with Gasteiger partial charge < -0.3 is 10.4 Å². The third kappa shape index (κ3) is 2.63. The zero-order valence-electron chi connectivity index (χ0n) is 18.0. The number of halogens is 1.